The van der Waals surface area contributed by atoms with Gasteiger partial charge in [-0.25, -0.2) is 4.79 Å². The molecular weight excluding hydrogens is 346 g/mol. The van der Waals surface area contributed by atoms with Gasteiger partial charge in [0.2, 0.25) is 0 Å². The molecule has 1 aromatic carbocycles. The van der Waals surface area contributed by atoms with E-state index in [1.54, 1.807) is 13.0 Å². The van der Waals surface area contributed by atoms with Crippen LogP contribution in [0.4, 0.5) is 5.69 Å². The molecule has 0 radical (unpaired) electrons. The van der Waals surface area contributed by atoms with Crippen LogP contribution in [0.3, 0.4) is 0 Å². The summed E-state index contributed by atoms with van der Waals surface area (Å²) in [6.07, 6.45) is 0.852. The Kier molecular flexibility index (Phi) is 5.69. The molecule has 20 heavy (non-hydrogen) atoms. The van der Waals surface area contributed by atoms with Crippen LogP contribution < -0.4 is 5.32 Å². The summed E-state index contributed by atoms with van der Waals surface area (Å²) in [4.78, 5) is 12.1. The first kappa shape index (κ1) is 15.6. The molecule has 0 saturated carbocycles. The normalized spacial score (nSPS) is 19.6. The number of halogens is 2. The largest absolute Gasteiger partial charge is 0.464 e. The summed E-state index contributed by atoms with van der Waals surface area (Å²) in [5, 5.41) is 3.86. The SMILES string of the molecule is CCOC(=O)C(Nc1ccc(Cl)c(Br)c1)C1CCOC1. The maximum absolute atomic E-state index is 12.1. The fourth-order valence-corrected chi connectivity index (χ4v) is 2.68. The molecule has 0 aliphatic carbocycles. The lowest BCUT2D eigenvalue weighted by Crippen LogP contribution is -2.38. The highest BCUT2D eigenvalue weighted by molar-refractivity contribution is 9.10. The van der Waals surface area contributed by atoms with Crippen LogP contribution in [0.2, 0.25) is 5.02 Å². The first-order chi connectivity index (χ1) is 9.61. The van der Waals surface area contributed by atoms with Crippen LogP contribution in [0.1, 0.15) is 13.3 Å². The molecule has 1 heterocycles. The fraction of sp³-hybridized carbons (Fsp3) is 0.500. The van der Waals surface area contributed by atoms with E-state index in [-0.39, 0.29) is 11.9 Å². The fourth-order valence-electron chi connectivity index (χ4n) is 2.18. The second-order valence-electron chi connectivity index (χ2n) is 4.63. The third-order valence-electron chi connectivity index (χ3n) is 3.22. The Labute approximate surface area is 131 Å². The number of carbonyl (C=O) groups excluding carboxylic acids is 1. The van der Waals surface area contributed by atoms with Gasteiger partial charge in [-0.05, 0) is 47.5 Å². The summed E-state index contributed by atoms with van der Waals surface area (Å²) in [5.41, 5.74) is 0.825. The highest BCUT2D eigenvalue weighted by Gasteiger charge is 2.32. The Balaban J connectivity index is 2.13. The summed E-state index contributed by atoms with van der Waals surface area (Å²) in [7, 11) is 0. The van der Waals surface area contributed by atoms with E-state index in [4.69, 9.17) is 21.1 Å². The van der Waals surface area contributed by atoms with Crippen LogP contribution in [-0.2, 0) is 14.3 Å². The molecule has 1 aromatic rings. The number of ether oxygens (including phenoxy) is 2. The Morgan fingerprint density at radius 2 is 2.45 bits per heavy atom. The lowest BCUT2D eigenvalue weighted by Gasteiger charge is -2.23. The van der Waals surface area contributed by atoms with E-state index < -0.39 is 6.04 Å². The quantitative estimate of drug-likeness (QED) is 0.815. The molecule has 2 unspecified atom stereocenters. The van der Waals surface area contributed by atoms with Gasteiger partial charge >= 0.3 is 5.97 Å². The van der Waals surface area contributed by atoms with Crippen LogP contribution in [0.25, 0.3) is 0 Å². The Hall–Kier alpha value is -0.780. The number of hydrogen-bond donors (Lipinski definition) is 1. The molecule has 0 aromatic heterocycles. The molecule has 4 nitrogen and oxygen atoms in total. The topological polar surface area (TPSA) is 47.6 Å². The number of rotatable bonds is 5. The molecule has 0 bridgehead atoms. The third kappa shape index (κ3) is 3.87. The highest BCUT2D eigenvalue weighted by Crippen LogP contribution is 2.28. The minimum atomic E-state index is -0.398. The number of esters is 1. The Morgan fingerprint density at radius 3 is 3.05 bits per heavy atom. The van der Waals surface area contributed by atoms with Gasteiger partial charge in [-0.3, -0.25) is 0 Å². The number of benzene rings is 1. The first-order valence-electron chi connectivity index (χ1n) is 6.57. The summed E-state index contributed by atoms with van der Waals surface area (Å²) in [6, 6.07) is 5.08. The number of anilines is 1. The van der Waals surface area contributed by atoms with Crippen LogP contribution in [0.15, 0.2) is 22.7 Å². The van der Waals surface area contributed by atoms with Gasteiger partial charge in [0.25, 0.3) is 0 Å². The van der Waals surface area contributed by atoms with Crippen molar-refractivity contribution in [2.75, 3.05) is 25.1 Å². The second kappa shape index (κ2) is 7.29. The van der Waals surface area contributed by atoms with Crippen molar-refractivity contribution in [2.45, 2.75) is 19.4 Å². The van der Waals surface area contributed by atoms with Crippen molar-refractivity contribution in [3.63, 3.8) is 0 Å². The van der Waals surface area contributed by atoms with Crippen molar-refractivity contribution in [3.05, 3.63) is 27.7 Å². The van der Waals surface area contributed by atoms with Crippen LogP contribution in [0, 0.1) is 5.92 Å². The molecule has 1 aliphatic heterocycles. The van der Waals surface area contributed by atoms with E-state index in [9.17, 15) is 4.79 Å². The van der Waals surface area contributed by atoms with Crippen LogP contribution in [-0.4, -0.2) is 31.8 Å². The van der Waals surface area contributed by atoms with Gasteiger partial charge in [0.1, 0.15) is 6.04 Å². The summed E-state index contributed by atoms with van der Waals surface area (Å²) < 4.78 is 11.3. The standard InChI is InChI=1S/C14H17BrClNO3/c1-2-20-14(18)13(9-5-6-19-8-9)17-10-3-4-12(16)11(15)7-10/h3-4,7,9,13,17H,2,5-6,8H2,1H3. The predicted molar refractivity (Wildman–Crippen MR) is 82.1 cm³/mol. The van der Waals surface area contributed by atoms with E-state index in [0.29, 0.717) is 24.8 Å². The number of nitrogens with one attached hydrogen (secondary N) is 1. The highest BCUT2D eigenvalue weighted by atomic mass is 79.9. The van der Waals surface area contributed by atoms with Crippen molar-refractivity contribution in [2.24, 2.45) is 5.92 Å². The van der Waals surface area contributed by atoms with Gasteiger partial charge in [-0.15, -0.1) is 0 Å². The molecule has 1 N–H and O–H groups in total. The monoisotopic (exact) mass is 361 g/mol. The van der Waals surface area contributed by atoms with E-state index in [1.807, 2.05) is 12.1 Å². The third-order valence-corrected chi connectivity index (χ3v) is 4.43. The maximum Gasteiger partial charge on any atom is 0.328 e. The molecule has 1 fully saturated rings. The van der Waals surface area contributed by atoms with Crippen molar-refractivity contribution >= 4 is 39.2 Å². The molecule has 6 heteroatoms. The molecule has 1 saturated heterocycles. The average Bonchev–Trinajstić information content (AvgIpc) is 2.94. The summed E-state index contributed by atoms with van der Waals surface area (Å²) in [6.45, 7) is 3.44. The zero-order valence-electron chi connectivity index (χ0n) is 11.2. The van der Waals surface area contributed by atoms with E-state index in [2.05, 4.69) is 21.2 Å². The number of hydrogen-bond acceptors (Lipinski definition) is 4. The van der Waals surface area contributed by atoms with Gasteiger partial charge < -0.3 is 14.8 Å². The Morgan fingerprint density at radius 1 is 1.65 bits per heavy atom. The zero-order chi connectivity index (χ0) is 14.5. The molecular formula is C14H17BrClNO3. The predicted octanol–water partition coefficient (Wildman–Crippen LogP) is 3.48. The lowest BCUT2D eigenvalue weighted by atomic mass is 9.98. The van der Waals surface area contributed by atoms with Crippen molar-refractivity contribution in [3.8, 4) is 0 Å². The van der Waals surface area contributed by atoms with Crippen LogP contribution in [0.5, 0.6) is 0 Å². The van der Waals surface area contributed by atoms with Gasteiger partial charge in [0.15, 0.2) is 0 Å². The minimum Gasteiger partial charge on any atom is -0.464 e. The smallest absolute Gasteiger partial charge is 0.328 e. The lowest BCUT2D eigenvalue weighted by molar-refractivity contribution is -0.145. The molecule has 110 valence electrons. The minimum absolute atomic E-state index is 0.128. The number of carbonyl (C=O) groups is 1. The maximum atomic E-state index is 12.1. The van der Waals surface area contributed by atoms with Crippen molar-refractivity contribution in [1.82, 2.24) is 0 Å². The van der Waals surface area contributed by atoms with E-state index >= 15 is 0 Å². The van der Waals surface area contributed by atoms with Gasteiger partial charge in [0.05, 0.1) is 18.2 Å². The summed E-state index contributed by atoms with van der Waals surface area (Å²) >= 11 is 9.34. The van der Waals surface area contributed by atoms with Crippen LogP contribution >= 0.6 is 27.5 Å². The first-order valence-corrected chi connectivity index (χ1v) is 7.75. The van der Waals surface area contributed by atoms with E-state index in [0.717, 1.165) is 16.6 Å². The van der Waals surface area contributed by atoms with Crippen molar-refractivity contribution in [1.29, 1.82) is 0 Å². The molecule has 0 spiro atoms. The molecule has 2 rings (SSSR count). The second-order valence-corrected chi connectivity index (χ2v) is 5.89. The zero-order valence-corrected chi connectivity index (χ0v) is 13.5. The average molecular weight is 363 g/mol. The summed E-state index contributed by atoms with van der Waals surface area (Å²) in [5.74, 6) is -0.113. The molecule has 1 aliphatic rings. The van der Waals surface area contributed by atoms with Crippen molar-refractivity contribution < 1.29 is 14.3 Å². The molecule has 0 amide bonds. The Bertz CT molecular complexity index is 477. The van der Waals surface area contributed by atoms with Gasteiger partial charge in [0, 0.05) is 22.7 Å². The van der Waals surface area contributed by atoms with Gasteiger partial charge in [-0.2, -0.15) is 0 Å². The molecule has 2 atom stereocenters. The van der Waals surface area contributed by atoms with Gasteiger partial charge in [-0.1, -0.05) is 11.6 Å². The van der Waals surface area contributed by atoms with E-state index in [1.165, 1.54) is 0 Å².